The van der Waals surface area contributed by atoms with Crippen LogP contribution in [-0.2, 0) is 4.74 Å². The van der Waals surface area contributed by atoms with Crippen molar-refractivity contribution >= 4 is 22.2 Å². The van der Waals surface area contributed by atoms with Gasteiger partial charge in [0.1, 0.15) is 5.56 Å². The summed E-state index contributed by atoms with van der Waals surface area (Å²) in [7, 11) is 0. The fourth-order valence-electron chi connectivity index (χ4n) is 3.29. The molecule has 1 amide bonds. The maximum absolute atomic E-state index is 12.6. The number of rotatable bonds is 5. The number of thiazole rings is 1. The molecule has 0 radical (unpaired) electrons. The first-order valence-corrected chi connectivity index (χ1v) is 9.72. The lowest BCUT2D eigenvalue weighted by atomic mass is 10.0. The molecule has 2 aromatic heterocycles. The van der Waals surface area contributed by atoms with Crippen molar-refractivity contribution in [1.82, 2.24) is 19.6 Å². The number of nitrogens with one attached hydrogen (secondary N) is 1. The Balaban J connectivity index is 1.53. The number of carbonyl (C=O) groups is 1. The van der Waals surface area contributed by atoms with Crippen LogP contribution in [-0.4, -0.2) is 53.0 Å². The van der Waals surface area contributed by atoms with Gasteiger partial charge in [0.15, 0.2) is 4.96 Å². The summed E-state index contributed by atoms with van der Waals surface area (Å²) in [5, 5.41) is 4.69. The van der Waals surface area contributed by atoms with Crippen molar-refractivity contribution in [3.05, 3.63) is 69.6 Å². The summed E-state index contributed by atoms with van der Waals surface area (Å²) in [6.07, 6.45) is 2.99. The molecule has 1 fully saturated rings. The third-order valence-corrected chi connectivity index (χ3v) is 5.48. The highest BCUT2D eigenvalue weighted by Crippen LogP contribution is 2.21. The molecule has 27 heavy (non-hydrogen) atoms. The standard InChI is InChI=1S/C19H20N4O3S/c24-17(15-12-21-19-23(18(15)25)8-11-27-19)20-13-16(14-4-2-1-3-5-14)22-6-9-26-10-7-22/h1-5,8,11-12,16H,6-7,9-10,13H2,(H,20,24). The first-order chi connectivity index (χ1) is 13.2. The van der Waals surface area contributed by atoms with Gasteiger partial charge in [0.2, 0.25) is 0 Å². The quantitative estimate of drug-likeness (QED) is 0.723. The van der Waals surface area contributed by atoms with Gasteiger partial charge < -0.3 is 10.1 Å². The number of ether oxygens (including phenoxy) is 1. The van der Waals surface area contributed by atoms with E-state index in [1.54, 1.807) is 11.6 Å². The van der Waals surface area contributed by atoms with E-state index in [0.717, 1.165) is 18.7 Å². The van der Waals surface area contributed by atoms with Crippen LogP contribution >= 0.6 is 11.3 Å². The van der Waals surface area contributed by atoms with Crippen LogP contribution < -0.4 is 10.9 Å². The van der Waals surface area contributed by atoms with Gasteiger partial charge in [-0.2, -0.15) is 0 Å². The van der Waals surface area contributed by atoms with Crippen LogP contribution in [0.15, 0.2) is 52.9 Å². The summed E-state index contributed by atoms with van der Waals surface area (Å²) in [5.41, 5.74) is 0.837. The molecule has 3 heterocycles. The summed E-state index contributed by atoms with van der Waals surface area (Å²) in [5.74, 6) is -0.401. The molecule has 0 aliphatic carbocycles. The van der Waals surface area contributed by atoms with Gasteiger partial charge >= 0.3 is 0 Å². The molecule has 0 saturated carbocycles. The van der Waals surface area contributed by atoms with Gasteiger partial charge in [-0.3, -0.25) is 18.9 Å². The highest BCUT2D eigenvalue weighted by molar-refractivity contribution is 7.15. The molecule has 1 aliphatic rings. The molecule has 4 rings (SSSR count). The average Bonchev–Trinajstić information content (AvgIpc) is 3.20. The molecule has 140 valence electrons. The number of hydrogen-bond donors (Lipinski definition) is 1. The predicted molar refractivity (Wildman–Crippen MR) is 103 cm³/mol. The highest BCUT2D eigenvalue weighted by atomic mass is 32.1. The number of benzene rings is 1. The minimum Gasteiger partial charge on any atom is -0.379 e. The summed E-state index contributed by atoms with van der Waals surface area (Å²) in [6.45, 7) is 3.38. The second-order valence-electron chi connectivity index (χ2n) is 6.32. The molecule has 0 spiro atoms. The predicted octanol–water partition coefficient (Wildman–Crippen LogP) is 1.56. The number of amides is 1. The van der Waals surface area contributed by atoms with Gasteiger partial charge in [0, 0.05) is 37.4 Å². The number of aromatic nitrogens is 2. The molecule has 8 heteroatoms. The van der Waals surface area contributed by atoms with Crippen molar-refractivity contribution in [3.8, 4) is 0 Å². The zero-order valence-corrected chi connectivity index (χ0v) is 15.5. The summed E-state index contributed by atoms with van der Waals surface area (Å²) in [4.78, 5) is 32.2. The average molecular weight is 384 g/mol. The third kappa shape index (κ3) is 3.78. The smallest absolute Gasteiger partial charge is 0.271 e. The van der Waals surface area contributed by atoms with Crippen LogP contribution in [0.5, 0.6) is 0 Å². The van der Waals surface area contributed by atoms with Crippen molar-refractivity contribution in [3.63, 3.8) is 0 Å². The Bertz CT molecular complexity index is 979. The summed E-state index contributed by atoms with van der Waals surface area (Å²) >= 11 is 1.36. The molecule has 1 aromatic carbocycles. The molecule has 1 aliphatic heterocycles. The van der Waals surface area contributed by atoms with E-state index in [1.165, 1.54) is 21.9 Å². The van der Waals surface area contributed by atoms with Crippen molar-refractivity contribution in [2.75, 3.05) is 32.8 Å². The highest BCUT2D eigenvalue weighted by Gasteiger charge is 2.24. The van der Waals surface area contributed by atoms with Gasteiger partial charge in [0.05, 0.1) is 19.3 Å². The summed E-state index contributed by atoms with van der Waals surface area (Å²) in [6, 6.07) is 10.1. The Hall–Kier alpha value is -2.55. The first kappa shape index (κ1) is 17.8. The second-order valence-corrected chi connectivity index (χ2v) is 7.19. The zero-order chi connectivity index (χ0) is 18.6. The SMILES string of the molecule is O=C(NCC(c1ccccc1)N1CCOCC1)c1cnc2sccn2c1=O. The van der Waals surface area contributed by atoms with Gasteiger partial charge in [-0.1, -0.05) is 30.3 Å². The van der Waals surface area contributed by atoms with Crippen LogP contribution in [0.3, 0.4) is 0 Å². The number of fused-ring (bicyclic) bond motifs is 1. The lowest BCUT2D eigenvalue weighted by Crippen LogP contribution is -2.44. The Labute approximate surface area is 160 Å². The molecule has 1 saturated heterocycles. The normalized spacial score (nSPS) is 16.3. The summed E-state index contributed by atoms with van der Waals surface area (Å²) < 4.78 is 6.85. The fourth-order valence-corrected chi connectivity index (χ4v) is 3.96. The fraction of sp³-hybridized carbons (Fsp3) is 0.316. The number of hydrogen-bond acceptors (Lipinski definition) is 6. The van der Waals surface area contributed by atoms with Gasteiger partial charge in [-0.05, 0) is 5.56 Å². The Kier molecular flexibility index (Phi) is 5.28. The van der Waals surface area contributed by atoms with Gasteiger partial charge in [0.25, 0.3) is 11.5 Å². The molecule has 1 unspecified atom stereocenters. The molecule has 3 aromatic rings. The van der Waals surface area contributed by atoms with Gasteiger partial charge in [-0.25, -0.2) is 4.98 Å². The lowest BCUT2D eigenvalue weighted by Gasteiger charge is -2.34. The molecular formula is C19H20N4O3S. The minimum absolute atomic E-state index is 0.0274. The Morgan fingerprint density at radius 3 is 2.81 bits per heavy atom. The third-order valence-electron chi connectivity index (χ3n) is 4.71. The van der Waals surface area contributed by atoms with Crippen LogP contribution in [0.2, 0.25) is 0 Å². The second kappa shape index (κ2) is 7.99. The van der Waals surface area contributed by atoms with E-state index >= 15 is 0 Å². The molecule has 1 N–H and O–H groups in total. The number of nitrogens with zero attached hydrogens (tertiary/aromatic N) is 3. The van der Waals surface area contributed by atoms with Crippen molar-refractivity contribution in [1.29, 1.82) is 0 Å². The van der Waals surface area contributed by atoms with E-state index in [9.17, 15) is 9.59 Å². The number of carbonyl (C=O) groups excluding carboxylic acids is 1. The first-order valence-electron chi connectivity index (χ1n) is 8.84. The monoisotopic (exact) mass is 384 g/mol. The van der Waals surface area contributed by atoms with Crippen molar-refractivity contribution in [2.24, 2.45) is 0 Å². The van der Waals surface area contributed by atoms with Crippen LogP contribution in [0.25, 0.3) is 4.96 Å². The molecular weight excluding hydrogens is 364 g/mol. The largest absolute Gasteiger partial charge is 0.379 e. The Morgan fingerprint density at radius 2 is 2.04 bits per heavy atom. The van der Waals surface area contributed by atoms with Crippen LogP contribution in [0, 0.1) is 0 Å². The Morgan fingerprint density at radius 1 is 1.26 bits per heavy atom. The van der Waals surface area contributed by atoms with E-state index in [1.807, 2.05) is 18.2 Å². The van der Waals surface area contributed by atoms with E-state index in [2.05, 4.69) is 27.3 Å². The molecule has 0 bridgehead atoms. The maximum Gasteiger partial charge on any atom is 0.271 e. The maximum atomic E-state index is 12.6. The zero-order valence-electron chi connectivity index (χ0n) is 14.7. The lowest BCUT2D eigenvalue weighted by molar-refractivity contribution is 0.0162. The van der Waals surface area contributed by atoms with E-state index in [4.69, 9.17) is 4.74 Å². The minimum atomic E-state index is -0.401. The van der Waals surface area contributed by atoms with Crippen molar-refractivity contribution in [2.45, 2.75) is 6.04 Å². The van der Waals surface area contributed by atoms with E-state index in [0.29, 0.717) is 24.7 Å². The molecule has 7 nitrogen and oxygen atoms in total. The molecule has 1 atom stereocenters. The van der Waals surface area contributed by atoms with Gasteiger partial charge in [-0.15, -0.1) is 11.3 Å². The van der Waals surface area contributed by atoms with Crippen LogP contribution in [0.1, 0.15) is 22.0 Å². The number of morpholine rings is 1. The topological polar surface area (TPSA) is 75.9 Å². The van der Waals surface area contributed by atoms with E-state index in [-0.39, 0.29) is 17.2 Å². The van der Waals surface area contributed by atoms with Crippen LogP contribution in [0.4, 0.5) is 0 Å². The van der Waals surface area contributed by atoms with E-state index < -0.39 is 5.91 Å². The van der Waals surface area contributed by atoms with Crippen molar-refractivity contribution < 1.29 is 9.53 Å².